The van der Waals surface area contributed by atoms with Crippen molar-refractivity contribution in [1.29, 1.82) is 0 Å². The van der Waals surface area contributed by atoms with Gasteiger partial charge in [0.25, 0.3) is 0 Å². The van der Waals surface area contributed by atoms with E-state index in [9.17, 15) is 4.79 Å². The number of carbonyl (C=O) groups excluding carboxylic acids is 1. The summed E-state index contributed by atoms with van der Waals surface area (Å²) >= 11 is 0. The summed E-state index contributed by atoms with van der Waals surface area (Å²) in [5.41, 5.74) is 6.44. The minimum Gasteiger partial charge on any atom is -0.381 e. The molecule has 4 heteroatoms. The zero-order chi connectivity index (χ0) is 14.0. The van der Waals surface area contributed by atoms with E-state index >= 15 is 0 Å². The number of rotatable bonds is 2. The highest BCUT2D eigenvalue weighted by atomic mass is 16.5. The molecule has 0 bridgehead atoms. The number of ether oxygens (including phenoxy) is 1. The number of hydrogen-bond donors (Lipinski definition) is 2. The Morgan fingerprint density at radius 3 is 2.21 bits per heavy atom. The number of hydrazine groups is 1. The minimum absolute atomic E-state index is 0.106. The molecule has 1 aliphatic heterocycles. The van der Waals surface area contributed by atoms with E-state index in [1.54, 1.807) is 0 Å². The second kappa shape index (κ2) is 5.31. The lowest BCUT2D eigenvalue weighted by atomic mass is 9.70. The standard InChI is InChI=1S/C15H22N2O2/c1-10-8-11(2)13(12(3)9-10)15(14(18)17-16)4-6-19-7-5-15/h8-9H,4-7,16H2,1-3H3,(H,17,18). The maximum absolute atomic E-state index is 12.4. The van der Waals surface area contributed by atoms with Crippen LogP contribution in [0.5, 0.6) is 0 Å². The number of hydrogen-bond acceptors (Lipinski definition) is 3. The highest BCUT2D eigenvalue weighted by Gasteiger charge is 2.43. The predicted octanol–water partition coefficient (Wildman–Crippen LogP) is 1.65. The number of nitrogens with two attached hydrogens (primary N) is 1. The zero-order valence-electron chi connectivity index (χ0n) is 11.9. The van der Waals surface area contributed by atoms with Crippen LogP contribution in [0.4, 0.5) is 0 Å². The fourth-order valence-corrected chi connectivity index (χ4v) is 3.38. The molecule has 4 nitrogen and oxygen atoms in total. The summed E-state index contributed by atoms with van der Waals surface area (Å²) in [7, 11) is 0. The fourth-order valence-electron chi connectivity index (χ4n) is 3.38. The third kappa shape index (κ3) is 2.38. The molecule has 0 radical (unpaired) electrons. The Morgan fingerprint density at radius 2 is 1.74 bits per heavy atom. The van der Waals surface area contributed by atoms with E-state index < -0.39 is 5.41 Å². The van der Waals surface area contributed by atoms with Gasteiger partial charge in [-0.3, -0.25) is 10.2 Å². The first-order chi connectivity index (χ1) is 9.01. The van der Waals surface area contributed by atoms with Crippen molar-refractivity contribution in [2.75, 3.05) is 13.2 Å². The number of carbonyl (C=O) groups is 1. The van der Waals surface area contributed by atoms with Crippen LogP contribution >= 0.6 is 0 Å². The van der Waals surface area contributed by atoms with Gasteiger partial charge in [-0.1, -0.05) is 17.7 Å². The molecule has 0 atom stereocenters. The van der Waals surface area contributed by atoms with Gasteiger partial charge in [0.15, 0.2) is 0 Å². The summed E-state index contributed by atoms with van der Waals surface area (Å²) in [4.78, 5) is 12.4. The van der Waals surface area contributed by atoms with E-state index in [0.717, 1.165) is 16.7 Å². The van der Waals surface area contributed by atoms with Gasteiger partial charge in [0.05, 0.1) is 5.41 Å². The molecular weight excluding hydrogens is 240 g/mol. The summed E-state index contributed by atoms with van der Waals surface area (Å²) in [6.07, 6.45) is 1.36. The quantitative estimate of drug-likeness (QED) is 0.484. The summed E-state index contributed by atoms with van der Waals surface area (Å²) in [5, 5.41) is 0. The Morgan fingerprint density at radius 1 is 1.21 bits per heavy atom. The summed E-state index contributed by atoms with van der Waals surface area (Å²) in [6, 6.07) is 4.26. The molecule has 1 aromatic rings. The molecular formula is C15H22N2O2. The molecule has 1 aliphatic rings. The van der Waals surface area contributed by atoms with Gasteiger partial charge in [0.2, 0.25) is 5.91 Å². The van der Waals surface area contributed by atoms with Crippen LogP contribution in [0, 0.1) is 20.8 Å². The number of benzene rings is 1. The van der Waals surface area contributed by atoms with Crippen LogP contribution in [0.15, 0.2) is 12.1 Å². The lowest BCUT2D eigenvalue weighted by Crippen LogP contribution is -2.51. The zero-order valence-corrected chi connectivity index (χ0v) is 11.9. The van der Waals surface area contributed by atoms with Crippen LogP contribution in [-0.4, -0.2) is 19.1 Å². The third-order valence-corrected chi connectivity index (χ3v) is 4.07. The first-order valence-corrected chi connectivity index (χ1v) is 6.68. The Bertz CT molecular complexity index is 468. The SMILES string of the molecule is Cc1cc(C)c(C2(C(=O)NN)CCOCC2)c(C)c1. The lowest BCUT2D eigenvalue weighted by molar-refractivity contribution is -0.130. The van der Waals surface area contributed by atoms with Crippen molar-refractivity contribution < 1.29 is 9.53 Å². The molecule has 0 aromatic heterocycles. The number of aryl methyl sites for hydroxylation is 3. The van der Waals surface area contributed by atoms with E-state index in [2.05, 4.69) is 38.3 Å². The average Bonchev–Trinajstić information content (AvgIpc) is 2.37. The molecule has 19 heavy (non-hydrogen) atoms. The molecule has 3 N–H and O–H groups in total. The van der Waals surface area contributed by atoms with Gasteiger partial charge < -0.3 is 4.74 Å². The molecule has 0 unspecified atom stereocenters. The van der Waals surface area contributed by atoms with Crippen LogP contribution in [0.1, 0.15) is 35.1 Å². The molecule has 1 saturated heterocycles. The molecule has 0 spiro atoms. The van der Waals surface area contributed by atoms with Crippen molar-refractivity contribution >= 4 is 5.91 Å². The smallest absolute Gasteiger partial charge is 0.244 e. The van der Waals surface area contributed by atoms with E-state index in [1.165, 1.54) is 5.56 Å². The van der Waals surface area contributed by atoms with Gasteiger partial charge >= 0.3 is 0 Å². The molecule has 1 aromatic carbocycles. The van der Waals surface area contributed by atoms with Crippen LogP contribution in [0.2, 0.25) is 0 Å². The van der Waals surface area contributed by atoms with Crippen molar-refractivity contribution in [1.82, 2.24) is 5.43 Å². The highest BCUT2D eigenvalue weighted by molar-refractivity contribution is 5.88. The maximum Gasteiger partial charge on any atom is 0.244 e. The van der Waals surface area contributed by atoms with Crippen molar-refractivity contribution in [2.24, 2.45) is 5.84 Å². The molecule has 0 saturated carbocycles. The van der Waals surface area contributed by atoms with Crippen LogP contribution in [-0.2, 0) is 14.9 Å². The number of amides is 1. The van der Waals surface area contributed by atoms with Gasteiger partial charge in [-0.15, -0.1) is 0 Å². The maximum atomic E-state index is 12.4. The molecule has 2 rings (SSSR count). The normalized spacial score (nSPS) is 18.1. The Kier molecular flexibility index (Phi) is 3.92. The highest BCUT2D eigenvalue weighted by Crippen LogP contribution is 2.39. The minimum atomic E-state index is -0.547. The van der Waals surface area contributed by atoms with E-state index in [1.807, 2.05) is 0 Å². The van der Waals surface area contributed by atoms with E-state index in [0.29, 0.717) is 26.1 Å². The topological polar surface area (TPSA) is 64.4 Å². The summed E-state index contributed by atoms with van der Waals surface area (Å²) in [5.74, 6) is 5.31. The van der Waals surface area contributed by atoms with Gasteiger partial charge in [0.1, 0.15) is 0 Å². The molecule has 1 amide bonds. The Labute approximate surface area is 114 Å². The Balaban J connectivity index is 2.59. The second-order valence-corrected chi connectivity index (χ2v) is 5.44. The average molecular weight is 262 g/mol. The van der Waals surface area contributed by atoms with Gasteiger partial charge in [-0.2, -0.15) is 0 Å². The third-order valence-electron chi connectivity index (χ3n) is 4.07. The van der Waals surface area contributed by atoms with Gasteiger partial charge in [0, 0.05) is 13.2 Å². The predicted molar refractivity (Wildman–Crippen MR) is 74.7 cm³/mol. The lowest BCUT2D eigenvalue weighted by Gasteiger charge is -2.38. The first-order valence-electron chi connectivity index (χ1n) is 6.68. The van der Waals surface area contributed by atoms with Crippen molar-refractivity contribution in [3.8, 4) is 0 Å². The van der Waals surface area contributed by atoms with E-state index in [4.69, 9.17) is 10.6 Å². The number of nitrogens with one attached hydrogen (secondary N) is 1. The van der Waals surface area contributed by atoms with Crippen molar-refractivity contribution in [3.63, 3.8) is 0 Å². The van der Waals surface area contributed by atoms with E-state index in [-0.39, 0.29) is 5.91 Å². The van der Waals surface area contributed by atoms with Crippen LogP contribution in [0.25, 0.3) is 0 Å². The Hall–Kier alpha value is -1.39. The molecule has 1 fully saturated rings. The van der Waals surface area contributed by atoms with Gasteiger partial charge in [-0.25, -0.2) is 5.84 Å². The van der Waals surface area contributed by atoms with Crippen LogP contribution in [0.3, 0.4) is 0 Å². The first kappa shape index (κ1) is 14.0. The monoisotopic (exact) mass is 262 g/mol. The van der Waals surface area contributed by atoms with Gasteiger partial charge in [-0.05, 0) is 50.3 Å². The van der Waals surface area contributed by atoms with Crippen molar-refractivity contribution in [2.45, 2.75) is 39.0 Å². The fraction of sp³-hybridized carbons (Fsp3) is 0.533. The summed E-state index contributed by atoms with van der Waals surface area (Å²) in [6.45, 7) is 7.40. The summed E-state index contributed by atoms with van der Waals surface area (Å²) < 4.78 is 5.42. The molecule has 1 heterocycles. The molecule has 0 aliphatic carbocycles. The van der Waals surface area contributed by atoms with Crippen molar-refractivity contribution in [3.05, 3.63) is 34.4 Å². The molecule has 104 valence electrons. The van der Waals surface area contributed by atoms with Crippen LogP contribution < -0.4 is 11.3 Å². The largest absolute Gasteiger partial charge is 0.381 e. The second-order valence-electron chi connectivity index (χ2n) is 5.44.